The predicted octanol–water partition coefficient (Wildman–Crippen LogP) is 3.35. The first-order valence-corrected chi connectivity index (χ1v) is 13.1. The van der Waals surface area contributed by atoms with Crippen molar-refractivity contribution in [1.29, 1.82) is 0 Å². The van der Waals surface area contributed by atoms with Gasteiger partial charge in [0.2, 0.25) is 0 Å². The molecule has 2 saturated carbocycles. The topological polar surface area (TPSA) is 104 Å². The van der Waals surface area contributed by atoms with E-state index in [4.69, 9.17) is 35.3 Å². The summed E-state index contributed by atoms with van der Waals surface area (Å²) in [5, 5.41) is 0.429. The van der Waals surface area contributed by atoms with Crippen LogP contribution in [0, 0.1) is 0 Å². The molecule has 3 heterocycles. The molecule has 3 saturated heterocycles. The largest absolute Gasteiger partial charge is 0.341 e. The smallest absolute Gasteiger partial charge is 0.270 e. The molecule has 0 unspecified atom stereocenters. The summed E-state index contributed by atoms with van der Waals surface area (Å²) in [4.78, 5) is 25.8. The number of halogens is 1. The molecule has 35 heavy (non-hydrogen) atoms. The second-order valence-corrected chi connectivity index (χ2v) is 10.6. The highest BCUT2D eigenvalue weighted by Gasteiger charge is 2.65. The Bertz CT molecular complexity index is 978. The monoisotopic (exact) mass is 506 g/mol. The van der Waals surface area contributed by atoms with Crippen molar-refractivity contribution in [2.24, 2.45) is 0 Å². The second kappa shape index (κ2) is 9.28. The minimum atomic E-state index is -1.02. The van der Waals surface area contributed by atoms with Crippen LogP contribution in [-0.2, 0) is 28.5 Å². The third-order valence-corrected chi connectivity index (χ3v) is 7.99. The fraction of sp³-hybridized carbons (Fsp3) is 0.680. The van der Waals surface area contributed by atoms with Gasteiger partial charge in [0.25, 0.3) is 11.8 Å². The number of nitrogens with one attached hydrogen (secondary N) is 2. The predicted molar refractivity (Wildman–Crippen MR) is 123 cm³/mol. The van der Waals surface area contributed by atoms with E-state index in [2.05, 4.69) is 10.9 Å². The zero-order valence-electron chi connectivity index (χ0n) is 19.5. The first kappa shape index (κ1) is 23.6. The zero-order chi connectivity index (χ0) is 24.0. The van der Waals surface area contributed by atoms with Gasteiger partial charge in [0, 0.05) is 36.3 Å². The number of ether oxygens (including phenoxy) is 5. The Hall–Kier alpha value is -1.75. The van der Waals surface area contributed by atoms with Crippen molar-refractivity contribution in [3.8, 4) is 0 Å². The van der Waals surface area contributed by atoms with Crippen LogP contribution in [0.4, 0.5) is 0 Å². The lowest BCUT2D eigenvalue weighted by atomic mass is 9.94. The molecule has 5 atom stereocenters. The van der Waals surface area contributed by atoms with Crippen molar-refractivity contribution >= 4 is 23.4 Å². The first-order chi connectivity index (χ1) is 17.0. The molecule has 5 fully saturated rings. The number of amides is 2. The minimum Gasteiger partial charge on any atom is -0.341 e. The van der Waals surface area contributed by atoms with Crippen LogP contribution in [0.3, 0.4) is 0 Å². The second-order valence-electron chi connectivity index (χ2n) is 10.2. The number of hydrogen-bond donors (Lipinski definition) is 2. The van der Waals surface area contributed by atoms with Crippen molar-refractivity contribution in [1.82, 2.24) is 10.9 Å². The van der Waals surface area contributed by atoms with Crippen LogP contribution in [0.5, 0.6) is 0 Å². The number of hydrazine groups is 1. The van der Waals surface area contributed by atoms with E-state index in [-0.39, 0.29) is 0 Å². The molecule has 10 heteroatoms. The number of rotatable bonds is 2. The Balaban J connectivity index is 1.20. The van der Waals surface area contributed by atoms with E-state index in [1.807, 2.05) is 0 Å². The molecule has 1 aromatic rings. The fourth-order valence-corrected chi connectivity index (χ4v) is 6.25. The summed E-state index contributed by atoms with van der Waals surface area (Å²) in [6.45, 7) is 0. The van der Waals surface area contributed by atoms with Crippen molar-refractivity contribution in [2.75, 3.05) is 0 Å². The summed E-state index contributed by atoms with van der Waals surface area (Å²) in [7, 11) is 0. The van der Waals surface area contributed by atoms with Crippen molar-refractivity contribution in [3.05, 3.63) is 34.9 Å². The van der Waals surface area contributed by atoms with Crippen LogP contribution in [0.1, 0.15) is 74.6 Å². The van der Waals surface area contributed by atoms with Gasteiger partial charge < -0.3 is 23.7 Å². The van der Waals surface area contributed by atoms with Gasteiger partial charge in [-0.25, -0.2) is 0 Å². The molecule has 2 spiro atoms. The molecule has 2 aliphatic carbocycles. The molecule has 0 bridgehead atoms. The van der Waals surface area contributed by atoms with E-state index in [0.717, 1.165) is 64.2 Å². The number of carbonyl (C=O) groups excluding carboxylic acids is 2. The van der Waals surface area contributed by atoms with E-state index in [1.54, 1.807) is 18.2 Å². The molecule has 9 nitrogen and oxygen atoms in total. The summed E-state index contributed by atoms with van der Waals surface area (Å²) in [6.07, 6.45) is 6.06. The summed E-state index contributed by atoms with van der Waals surface area (Å²) in [5.74, 6) is -2.45. The van der Waals surface area contributed by atoms with Gasteiger partial charge in [-0.15, -0.1) is 0 Å². The van der Waals surface area contributed by atoms with Gasteiger partial charge in [-0.1, -0.05) is 30.5 Å². The highest BCUT2D eigenvalue weighted by molar-refractivity contribution is 6.30. The molecular weight excluding hydrogens is 476 g/mol. The van der Waals surface area contributed by atoms with E-state index < -0.39 is 54.1 Å². The minimum absolute atomic E-state index is 0.327. The zero-order valence-corrected chi connectivity index (χ0v) is 20.3. The maximum atomic E-state index is 13.3. The Kier molecular flexibility index (Phi) is 6.27. The van der Waals surface area contributed by atoms with E-state index in [9.17, 15) is 9.59 Å². The number of benzene rings is 1. The Labute approximate surface area is 209 Å². The molecule has 1 aromatic carbocycles. The van der Waals surface area contributed by atoms with E-state index in [1.165, 1.54) is 6.07 Å². The van der Waals surface area contributed by atoms with Gasteiger partial charge in [0.15, 0.2) is 24.0 Å². The van der Waals surface area contributed by atoms with Crippen LogP contribution in [0.2, 0.25) is 5.02 Å². The third kappa shape index (κ3) is 4.47. The molecule has 2 amide bonds. The van der Waals surface area contributed by atoms with Gasteiger partial charge >= 0.3 is 0 Å². The first-order valence-electron chi connectivity index (χ1n) is 12.7. The van der Waals surface area contributed by atoms with Gasteiger partial charge in [-0.05, 0) is 43.9 Å². The van der Waals surface area contributed by atoms with Crippen LogP contribution >= 0.6 is 11.6 Å². The van der Waals surface area contributed by atoms with Gasteiger partial charge in [0.1, 0.15) is 18.3 Å². The standard InChI is InChI=1S/C25H31ClN2O7/c26-16-9-7-8-15(14-16)21(29)27-28-22(30)19-17-18(33-24(32-17)10-3-1-4-11-24)20-23(31-19)35-25(34-20)12-5-2-6-13-25/h7-9,14,17-20,23H,1-6,10-13H2,(H,27,29)(H,28,30)/t17-,18+,19+,20+,23+/m0/s1. The lowest BCUT2D eigenvalue weighted by Gasteiger charge is -2.36. The van der Waals surface area contributed by atoms with Crippen molar-refractivity contribution in [2.45, 2.75) is 106 Å². The summed E-state index contributed by atoms with van der Waals surface area (Å²) in [5.41, 5.74) is 5.26. The third-order valence-electron chi connectivity index (χ3n) is 7.75. The average Bonchev–Trinajstić information content (AvgIpc) is 3.40. The van der Waals surface area contributed by atoms with E-state index >= 15 is 0 Å². The van der Waals surface area contributed by atoms with Crippen LogP contribution in [0.15, 0.2) is 24.3 Å². The lowest BCUT2D eigenvalue weighted by Crippen LogP contribution is -2.61. The molecular formula is C25H31ClN2O7. The molecule has 2 N–H and O–H groups in total. The summed E-state index contributed by atoms with van der Waals surface area (Å²) in [6, 6.07) is 6.47. The summed E-state index contributed by atoms with van der Waals surface area (Å²) >= 11 is 5.97. The molecule has 3 aliphatic heterocycles. The summed E-state index contributed by atoms with van der Waals surface area (Å²) < 4.78 is 31.9. The molecule has 0 aromatic heterocycles. The number of carbonyl (C=O) groups is 2. The van der Waals surface area contributed by atoms with Gasteiger partial charge in [-0.3, -0.25) is 20.4 Å². The van der Waals surface area contributed by atoms with Gasteiger partial charge in [0.05, 0.1) is 0 Å². The van der Waals surface area contributed by atoms with Gasteiger partial charge in [-0.2, -0.15) is 0 Å². The Morgan fingerprint density at radius 1 is 0.800 bits per heavy atom. The SMILES string of the molecule is O=C(NNC(=O)[C@@H]1O[C@@H]2OC3(CCCCC3)O[C@@H]2[C@@H]2OC3(CCCCC3)O[C@@H]21)c1cccc(Cl)c1. The maximum absolute atomic E-state index is 13.3. The van der Waals surface area contributed by atoms with Crippen molar-refractivity contribution in [3.63, 3.8) is 0 Å². The molecule has 190 valence electrons. The average molecular weight is 507 g/mol. The number of hydrogen-bond acceptors (Lipinski definition) is 7. The van der Waals surface area contributed by atoms with Crippen LogP contribution in [0.25, 0.3) is 0 Å². The van der Waals surface area contributed by atoms with Crippen molar-refractivity contribution < 1.29 is 33.3 Å². The molecule has 0 radical (unpaired) electrons. The highest BCUT2D eigenvalue weighted by Crippen LogP contribution is 2.50. The number of fused-ring (bicyclic) bond motifs is 3. The normalized spacial score (nSPS) is 34.8. The fourth-order valence-electron chi connectivity index (χ4n) is 6.06. The molecule has 5 aliphatic rings. The van der Waals surface area contributed by atoms with Crippen LogP contribution in [-0.4, -0.2) is 54.1 Å². The Morgan fingerprint density at radius 3 is 2.11 bits per heavy atom. The lowest BCUT2D eigenvalue weighted by molar-refractivity contribution is -0.247. The maximum Gasteiger partial charge on any atom is 0.270 e. The highest BCUT2D eigenvalue weighted by atomic mass is 35.5. The molecule has 6 rings (SSSR count). The Morgan fingerprint density at radius 2 is 1.43 bits per heavy atom. The quantitative estimate of drug-likeness (QED) is 0.593. The van der Waals surface area contributed by atoms with E-state index in [0.29, 0.717) is 10.6 Å². The van der Waals surface area contributed by atoms with Crippen LogP contribution < -0.4 is 10.9 Å².